The van der Waals surface area contributed by atoms with Gasteiger partial charge in [0, 0.05) is 31.0 Å². The molecule has 6 nitrogen and oxygen atoms in total. The lowest BCUT2D eigenvalue weighted by molar-refractivity contribution is 0.0766. The van der Waals surface area contributed by atoms with Gasteiger partial charge in [-0.15, -0.1) is 0 Å². The van der Waals surface area contributed by atoms with Crippen LogP contribution in [0.25, 0.3) is 0 Å². The molecule has 7 heteroatoms. The van der Waals surface area contributed by atoms with Crippen LogP contribution in [0.15, 0.2) is 35.7 Å². The number of benzene rings is 1. The molecule has 2 aromatic rings. The Bertz CT molecular complexity index is 591. The van der Waals surface area contributed by atoms with Crippen LogP contribution in [0.2, 0.25) is 0 Å². The van der Waals surface area contributed by atoms with Gasteiger partial charge in [-0.1, -0.05) is 23.9 Å². The number of carbonyl (C=O) groups excluding carboxylic acids is 1. The maximum absolute atomic E-state index is 12.5. The first-order valence-corrected chi connectivity index (χ1v) is 8.38. The fourth-order valence-corrected chi connectivity index (χ4v) is 3.13. The van der Waals surface area contributed by atoms with Crippen molar-refractivity contribution in [3.05, 3.63) is 41.7 Å². The van der Waals surface area contributed by atoms with Crippen molar-refractivity contribution in [1.29, 1.82) is 0 Å². The molecule has 0 saturated carbocycles. The number of thioether (sulfide) groups is 1. The molecule has 22 heavy (non-hydrogen) atoms. The number of aromatic amines is 1. The van der Waals surface area contributed by atoms with Gasteiger partial charge in [-0.05, 0) is 30.7 Å². The second kappa shape index (κ2) is 7.42. The van der Waals surface area contributed by atoms with E-state index < -0.39 is 0 Å². The Labute approximate surface area is 133 Å². The molecule has 1 aliphatic rings. The SMILES string of the molecule is O=C(c1ccc(CSc2ncn[nH]2)cc1)N1CCCNCC1. The number of hydrogen-bond acceptors (Lipinski definition) is 5. The monoisotopic (exact) mass is 317 g/mol. The Hall–Kier alpha value is -1.86. The van der Waals surface area contributed by atoms with Crippen molar-refractivity contribution < 1.29 is 4.79 Å². The van der Waals surface area contributed by atoms with Crippen molar-refractivity contribution in [3.63, 3.8) is 0 Å². The molecule has 116 valence electrons. The van der Waals surface area contributed by atoms with Gasteiger partial charge in [0.05, 0.1) is 0 Å². The third-order valence-corrected chi connectivity index (χ3v) is 4.54. The second-order valence-corrected chi connectivity index (χ2v) is 6.14. The number of H-pyrrole nitrogens is 1. The summed E-state index contributed by atoms with van der Waals surface area (Å²) in [5, 5.41) is 10.8. The van der Waals surface area contributed by atoms with E-state index in [1.807, 2.05) is 29.2 Å². The highest BCUT2D eigenvalue weighted by Gasteiger charge is 2.16. The van der Waals surface area contributed by atoms with Crippen molar-refractivity contribution in [1.82, 2.24) is 25.4 Å². The average Bonchev–Trinajstić information content (AvgIpc) is 2.93. The van der Waals surface area contributed by atoms with Crippen molar-refractivity contribution in [3.8, 4) is 0 Å². The van der Waals surface area contributed by atoms with E-state index in [2.05, 4.69) is 20.5 Å². The largest absolute Gasteiger partial charge is 0.337 e. The number of carbonyl (C=O) groups is 1. The predicted molar refractivity (Wildman–Crippen MR) is 85.8 cm³/mol. The molecular weight excluding hydrogens is 298 g/mol. The van der Waals surface area contributed by atoms with Crippen LogP contribution in [-0.2, 0) is 5.75 Å². The zero-order valence-electron chi connectivity index (χ0n) is 12.3. The standard InChI is InChI=1S/C15H19N5OS/c21-14(20-8-1-6-16-7-9-20)13-4-2-12(3-5-13)10-22-15-17-11-18-19-15/h2-5,11,16H,1,6-10H2,(H,17,18,19). The van der Waals surface area contributed by atoms with Gasteiger partial charge in [-0.2, -0.15) is 5.10 Å². The summed E-state index contributed by atoms with van der Waals surface area (Å²) >= 11 is 1.59. The number of aromatic nitrogens is 3. The lowest BCUT2D eigenvalue weighted by Crippen LogP contribution is -2.34. The van der Waals surface area contributed by atoms with Gasteiger partial charge in [0.25, 0.3) is 5.91 Å². The fraction of sp³-hybridized carbons (Fsp3) is 0.400. The first kappa shape index (κ1) is 15.1. The first-order valence-electron chi connectivity index (χ1n) is 7.40. The van der Waals surface area contributed by atoms with E-state index in [1.165, 1.54) is 6.33 Å². The van der Waals surface area contributed by atoms with Gasteiger partial charge in [0.15, 0.2) is 5.16 Å². The molecule has 1 aromatic carbocycles. The summed E-state index contributed by atoms with van der Waals surface area (Å²) in [5.74, 6) is 0.926. The summed E-state index contributed by atoms with van der Waals surface area (Å²) in [5.41, 5.74) is 1.92. The molecule has 1 aliphatic heterocycles. The summed E-state index contributed by atoms with van der Waals surface area (Å²) in [7, 11) is 0. The van der Waals surface area contributed by atoms with Crippen molar-refractivity contribution >= 4 is 17.7 Å². The molecule has 2 N–H and O–H groups in total. The molecule has 0 radical (unpaired) electrons. The highest BCUT2D eigenvalue weighted by atomic mass is 32.2. The van der Waals surface area contributed by atoms with Crippen LogP contribution >= 0.6 is 11.8 Å². The van der Waals surface area contributed by atoms with Crippen LogP contribution in [-0.4, -0.2) is 52.2 Å². The van der Waals surface area contributed by atoms with Crippen LogP contribution in [0, 0.1) is 0 Å². The summed E-state index contributed by atoms with van der Waals surface area (Å²) in [6, 6.07) is 7.84. The average molecular weight is 317 g/mol. The normalized spacial score (nSPS) is 15.5. The van der Waals surface area contributed by atoms with E-state index in [9.17, 15) is 4.79 Å². The lowest BCUT2D eigenvalue weighted by Gasteiger charge is -2.20. The molecule has 0 aliphatic carbocycles. The second-order valence-electron chi connectivity index (χ2n) is 5.17. The third kappa shape index (κ3) is 3.86. The first-order chi connectivity index (χ1) is 10.8. The number of rotatable bonds is 4. The van der Waals surface area contributed by atoms with Crippen molar-refractivity contribution in [2.45, 2.75) is 17.3 Å². The molecule has 0 bridgehead atoms. The minimum atomic E-state index is 0.123. The van der Waals surface area contributed by atoms with Crippen molar-refractivity contribution in [2.24, 2.45) is 0 Å². The smallest absolute Gasteiger partial charge is 0.253 e. The Kier molecular flexibility index (Phi) is 5.07. The van der Waals surface area contributed by atoms with Gasteiger partial charge in [-0.25, -0.2) is 4.98 Å². The molecule has 1 fully saturated rings. The van der Waals surface area contributed by atoms with Crippen LogP contribution < -0.4 is 5.32 Å². The number of nitrogens with zero attached hydrogens (tertiary/aromatic N) is 3. The summed E-state index contributed by atoms with van der Waals surface area (Å²) < 4.78 is 0. The van der Waals surface area contributed by atoms with Gasteiger partial charge in [-0.3, -0.25) is 9.89 Å². The van der Waals surface area contributed by atoms with Gasteiger partial charge >= 0.3 is 0 Å². The molecule has 1 aromatic heterocycles. The number of hydrogen-bond donors (Lipinski definition) is 2. The highest BCUT2D eigenvalue weighted by Crippen LogP contribution is 2.19. The number of amides is 1. The Morgan fingerprint density at radius 1 is 1.23 bits per heavy atom. The molecule has 1 amide bonds. The maximum Gasteiger partial charge on any atom is 0.253 e. The quantitative estimate of drug-likeness (QED) is 0.837. The molecule has 1 saturated heterocycles. The lowest BCUT2D eigenvalue weighted by atomic mass is 10.1. The van der Waals surface area contributed by atoms with Crippen molar-refractivity contribution in [2.75, 3.05) is 26.2 Å². The Morgan fingerprint density at radius 2 is 2.09 bits per heavy atom. The summed E-state index contributed by atoms with van der Waals surface area (Å²) in [4.78, 5) is 18.5. The van der Waals surface area contributed by atoms with E-state index in [4.69, 9.17) is 0 Å². The van der Waals surface area contributed by atoms with E-state index in [0.29, 0.717) is 0 Å². The van der Waals surface area contributed by atoms with E-state index in [0.717, 1.165) is 54.6 Å². The molecule has 2 heterocycles. The molecule has 0 spiro atoms. The molecule has 0 unspecified atom stereocenters. The van der Waals surface area contributed by atoms with Gasteiger partial charge in [0.1, 0.15) is 6.33 Å². The molecular formula is C15H19N5OS. The fourth-order valence-electron chi connectivity index (χ4n) is 2.39. The third-order valence-electron chi connectivity index (χ3n) is 3.60. The minimum absolute atomic E-state index is 0.123. The number of nitrogens with one attached hydrogen (secondary N) is 2. The predicted octanol–water partition coefficient (Wildman–Crippen LogP) is 1.53. The van der Waals surface area contributed by atoms with E-state index >= 15 is 0 Å². The van der Waals surface area contributed by atoms with Crippen LogP contribution in [0.3, 0.4) is 0 Å². The highest BCUT2D eigenvalue weighted by molar-refractivity contribution is 7.98. The Morgan fingerprint density at radius 3 is 2.86 bits per heavy atom. The van der Waals surface area contributed by atoms with Gasteiger partial charge < -0.3 is 10.2 Å². The maximum atomic E-state index is 12.5. The summed E-state index contributed by atoms with van der Waals surface area (Å²) in [6.45, 7) is 3.47. The van der Waals surface area contributed by atoms with Crippen LogP contribution in [0.4, 0.5) is 0 Å². The molecule has 3 rings (SSSR count). The van der Waals surface area contributed by atoms with Crippen LogP contribution in [0.5, 0.6) is 0 Å². The zero-order chi connectivity index (χ0) is 15.2. The summed E-state index contributed by atoms with van der Waals surface area (Å²) in [6.07, 6.45) is 2.51. The van der Waals surface area contributed by atoms with Crippen LogP contribution in [0.1, 0.15) is 22.3 Å². The molecule has 0 atom stereocenters. The van der Waals surface area contributed by atoms with E-state index in [1.54, 1.807) is 11.8 Å². The zero-order valence-corrected chi connectivity index (χ0v) is 13.1. The topological polar surface area (TPSA) is 73.9 Å². The van der Waals surface area contributed by atoms with E-state index in [-0.39, 0.29) is 5.91 Å². The van der Waals surface area contributed by atoms with Gasteiger partial charge in [0.2, 0.25) is 0 Å². The Balaban J connectivity index is 1.59. The minimum Gasteiger partial charge on any atom is -0.337 e.